The molecular weight excluding hydrogens is 538 g/mol. The van der Waals surface area contributed by atoms with Crippen molar-refractivity contribution < 1.29 is 14.3 Å². The number of benzene rings is 1. The molecule has 2 amide bonds. The number of nitrogens with two attached hydrogens (primary N) is 1. The molecule has 2 aliphatic heterocycles. The maximum atomic E-state index is 12.7. The van der Waals surface area contributed by atoms with E-state index in [0.29, 0.717) is 29.0 Å². The summed E-state index contributed by atoms with van der Waals surface area (Å²) in [6.45, 7) is 1.31. The van der Waals surface area contributed by atoms with Gasteiger partial charge in [-0.05, 0) is 34.8 Å². The van der Waals surface area contributed by atoms with Crippen molar-refractivity contribution in [3.05, 3.63) is 65.0 Å². The highest BCUT2D eigenvalue weighted by molar-refractivity contribution is 9.10. The number of alkyl carbamates (subject to hydrolysis) is 1. The molecule has 11 heteroatoms. The Bertz CT molecular complexity index is 1480. The lowest BCUT2D eigenvalue weighted by molar-refractivity contribution is -0.139. The molecule has 188 valence electrons. The fraction of sp³-hybridized carbons (Fsp3) is 0.269. The molecule has 0 saturated carbocycles. The molecule has 2 fully saturated rings. The number of carbonyl (C=O) groups excluding carboxylic acids is 2. The molecule has 3 N–H and O–H groups in total. The van der Waals surface area contributed by atoms with Gasteiger partial charge in [-0.15, -0.1) is 0 Å². The number of halogens is 1. The topological polar surface area (TPSA) is 128 Å². The average molecular weight is 562 g/mol. The van der Waals surface area contributed by atoms with Crippen LogP contribution in [0.25, 0.3) is 28.0 Å². The van der Waals surface area contributed by atoms with Crippen LogP contribution in [0.3, 0.4) is 0 Å². The molecule has 6 rings (SSSR count). The van der Waals surface area contributed by atoms with Crippen LogP contribution in [-0.2, 0) is 9.53 Å². The highest BCUT2D eigenvalue weighted by Crippen LogP contribution is 2.37. The van der Waals surface area contributed by atoms with Gasteiger partial charge in [-0.2, -0.15) is 9.61 Å². The van der Waals surface area contributed by atoms with Crippen LogP contribution in [0, 0.1) is 0 Å². The first-order valence-corrected chi connectivity index (χ1v) is 12.9. The second-order valence-corrected chi connectivity index (χ2v) is 9.96. The quantitative estimate of drug-likeness (QED) is 0.389. The smallest absolute Gasteiger partial charge is 0.408 e. The summed E-state index contributed by atoms with van der Waals surface area (Å²) in [4.78, 5) is 35.4. The maximum Gasteiger partial charge on any atom is 0.408 e. The Morgan fingerprint density at radius 3 is 2.54 bits per heavy atom. The standard InChI is InChI=1S/C26H24BrN7O3/c27-21-22(16-8-10-33(11-9-16)25(35)20-14-30-26(36)37-20)32-24-18(13-31-34(24)23(21)28)17-6-7-19(29-12-17)15-4-2-1-3-5-15/h1-7,12-13,16,20H,8-11,14,28H2,(H,30,36)/t20-/m1/s1. The van der Waals surface area contributed by atoms with Crippen molar-refractivity contribution in [2.75, 3.05) is 25.4 Å². The summed E-state index contributed by atoms with van der Waals surface area (Å²) in [5.41, 5.74) is 11.7. The molecular formula is C26H24BrN7O3. The molecule has 37 heavy (non-hydrogen) atoms. The van der Waals surface area contributed by atoms with Crippen LogP contribution in [0.2, 0.25) is 0 Å². The van der Waals surface area contributed by atoms with E-state index in [9.17, 15) is 9.59 Å². The van der Waals surface area contributed by atoms with E-state index in [4.69, 9.17) is 15.5 Å². The van der Waals surface area contributed by atoms with Gasteiger partial charge in [0.1, 0.15) is 5.82 Å². The Morgan fingerprint density at radius 1 is 1.08 bits per heavy atom. The molecule has 10 nitrogen and oxygen atoms in total. The first kappa shape index (κ1) is 23.4. The number of aromatic nitrogens is 4. The molecule has 5 heterocycles. The summed E-state index contributed by atoms with van der Waals surface area (Å²) < 4.78 is 7.40. The highest BCUT2D eigenvalue weighted by atomic mass is 79.9. The number of amides is 2. The van der Waals surface area contributed by atoms with Gasteiger partial charge in [0.15, 0.2) is 11.8 Å². The summed E-state index contributed by atoms with van der Waals surface area (Å²) in [5, 5.41) is 7.01. The minimum Gasteiger partial charge on any atom is -0.434 e. The number of anilines is 1. The van der Waals surface area contributed by atoms with Crippen LogP contribution in [0.5, 0.6) is 0 Å². The SMILES string of the molecule is Nc1c(Br)c(C2CCN(C(=O)[C@H]3CNC(=O)O3)CC2)nc2c(-c3ccc(-c4ccccc4)nc3)cnn12. The number of rotatable bonds is 4. The molecule has 0 aliphatic carbocycles. The van der Waals surface area contributed by atoms with Crippen molar-refractivity contribution in [1.29, 1.82) is 0 Å². The number of likely N-dealkylation sites (tertiary alicyclic amines) is 1. The number of ether oxygens (including phenoxy) is 1. The molecule has 1 aromatic carbocycles. The van der Waals surface area contributed by atoms with Gasteiger partial charge < -0.3 is 20.7 Å². The van der Waals surface area contributed by atoms with Crippen LogP contribution in [-0.4, -0.2) is 62.2 Å². The monoisotopic (exact) mass is 561 g/mol. The molecule has 0 bridgehead atoms. The molecule has 0 spiro atoms. The predicted octanol–water partition coefficient (Wildman–Crippen LogP) is 3.62. The second kappa shape index (κ2) is 9.47. The largest absolute Gasteiger partial charge is 0.434 e. The molecule has 4 aromatic rings. The third-order valence-corrected chi connectivity index (χ3v) is 7.75. The van der Waals surface area contributed by atoms with Crippen molar-refractivity contribution in [3.8, 4) is 22.4 Å². The molecule has 2 saturated heterocycles. The van der Waals surface area contributed by atoms with Crippen molar-refractivity contribution in [2.45, 2.75) is 24.9 Å². The van der Waals surface area contributed by atoms with Crippen LogP contribution in [0.15, 0.2) is 59.3 Å². The van der Waals surface area contributed by atoms with E-state index < -0.39 is 12.2 Å². The summed E-state index contributed by atoms with van der Waals surface area (Å²) in [6.07, 6.45) is 3.72. The first-order chi connectivity index (χ1) is 18.0. The fourth-order valence-corrected chi connectivity index (χ4v) is 5.50. The van der Waals surface area contributed by atoms with Gasteiger partial charge in [0, 0.05) is 41.9 Å². The number of fused-ring (bicyclic) bond motifs is 1. The van der Waals surface area contributed by atoms with Gasteiger partial charge in [-0.25, -0.2) is 9.78 Å². The van der Waals surface area contributed by atoms with Crippen molar-refractivity contribution >= 4 is 39.4 Å². The predicted molar refractivity (Wildman–Crippen MR) is 141 cm³/mol. The van der Waals surface area contributed by atoms with Crippen molar-refractivity contribution in [3.63, 3.8) is 0 Å². The number of cyclic esters (lactones) is 1. The summed E-state index contributed by atoms with van der Waals surface area (Å²) in [7, 11) is 0. The van der Waals surface area contributed by atoms with E-state index in [1.54, 1.807) is 15.6 Å². The van der Waals surface area contributed by atoms with Gasteiger partial charge in [-0.3, -0.25) is 9.78 Å². The van der Waals surface area contributed by atoms with E-state index in [2.05, 4.69) is 31.3 Å². The van der Waals surface area contributed by atoms with Gasteiger partial charge in [0.25, 0.3) is 5.91 Å². The van der Waals surface area contributed by atoms with Crippen molar-refractivity contribution in [1.82, 2.24) is 29.8 Å². The summed E-state index contributed by atoms with van der Waals surface area (Å²) in [6, 6.07) is 14.0. The Hall–Kier alpha value is -3.99. The zero-order chi connectivity index (χ0) is 25.5. The molecule has 0 unspecified atom stereocenters. The number of piperidine rings is 1. The Balaban J connectivity index is 1.25. The average Bonchev–Trinajstić information content (AvgIpc) is 3.57. The van der Waals surface area contributed by atoms with E-state index in [1.807, 2.05) is 48.7 Å². The Labute approximate surface area is 221 Å². The van der Waals surface area contributed by atoms with Crippen LogP contribution < -0.4 is 11.1 Å². The third-order valence-electron chi connectivity index (χ3n) is 6.94. The molecule has 3 aromatic heterocycles. The second-order valence-electron chi connectivity index (χ2n) is 9.16. The fourth-order valence-electron chi connectivity index (χ4n) is 4.92. The van der Waals surface area contributed by atoms with E-state index in [1.165, 1.54) is 0 Å². The zero-order valence-corrected chi connectivity index (χ0v) is 21.4. The lowest BCUT2D eigenvalue weighted by Crippen LogP contribution is -2.44. The normalized spacial score (nSPS) is 18.1. The number of hydrogen-bond acceptors (Lipinski definition) is 7. The van der Waals surface area contributed by atoms with Gasteiger partial charge in [0.05, 0.1) is 28.6 Å². The minimum absolute atomic E-state index is 0.108. The van der Waals surface area contributed by atoms with E-state index in [-0.39, 0.29) is 18.4 Å². The number of hydrogen-bond donors (Lipinski definition) is 2. The lowest BCUT2D eigenvalue weighted by atomic mass is 9.92. The van der Waals surface area contributed by atoms with Crippen LogP contribution >= 0.6 is 15.9 Å². The van der Waals surface area contributed by atoms with Crippen LogP contribution in [0.4, 0.5) is 10.6 Å². The number of nitrogens with one attached hydrogen (secondary N) is 1. The van der Waals surface area contributed by atoms with Gasteiger partial charge in [-0.1, -0.05) is 36.4 Å². The molecule has 0 radical (unpaired) electrons. The van der Waals surface area contributed by atoms with Gasteiger partial charge in [0.2, 0.25) is 0 Å². The summed E-state index contributed by atoms with van der Waals surface area (Å²) in [5.74, 6) is 0.419. The molecule has 2 aliphatic rings. The van der Waals surface area contributed by atoms with E-state index in [0.717, 1.165) is 40.9 Å². The number of pyridine rings is 1. The third kappa shape index (κ3) is 4.29. The highest BCUT2D eigenvalue weighted by Gasteiger charge is 2.35. The zero-order valence-electron chi connectivity index (χ0n) is 19.8. The first-order valence-electron chi connectivity index (χ1n) is 12.1. The lowest BCUT2D eigenvalue weighted by Gasteiger charge is -2.33. The summed E-state index contributed by atoms with van der Waals surface area (Å²) >= 11 is 3.64. The molecule has 1 atom stereocenters. The van der Waals surface area contributed by atoms with Gasteiger partial charge >= 0.3 is 6.09 Å². The van der Waals surface area contributed by atoms with Crippen molar-refractivity contribution in [2.24, 2.45) is 0 Å². The number of nitrogens with zero attached hydrogens (tertiary/aromatic N) is 5. The number of nitrogen functional groups attached to an aromatic ring is 1. The Kier molecular flexibility index (Phi) is 5.99. The minimum atomic E-state index is -0.753. The van der Waals surface area contributed by atoms with E-state index >= 15 is 0 Å². The number of carbonyl (C=O) groups is 2. The maximum absolute atomic E-state index is 12.7. The Morgan fingerprint density at radius 2 is 1.86 bits per heavy atom. The van der Waals surface area contributed by atoms with Crippen LogP contribution in [0.1, 0.15) is 24.5 Å².